The Morgan fingerprint density at radius 3 is 2.77 bits per heavy atom. The van der Waals surface area contributed by atoms with Gasteiger partial charge < -0.3 is 4.90 Å². The van der Waals surface area contributed by atoms with Crippen LogP contribution in [0.1, 0.15) is 19.3 Å². The molecule has 13 heavy (non-hydrogen) atoms. The Bertz CT molecular complexity index is 228. The first-order valence-corrected chi connectivity index (χ1v) is 5.72. The van der Waals surface area contributed by atoms with Gasteiger partial charge >= 0.3 is 0 Å². The summed E-state index contributed by atoms with van der Waals surface area (Å²) in [5.74, 6) is 0.820. The number of nitrogens with zero attached hydrogens (tertiary/aromatic N) is 3. The Morgan fingerprint density at radius 2 is 2.38 bits per heavy atom. The number of hydrogen-bond donors (Lipinski definition) is 0. The van der Waals surface area contributed by atoms with Crippen molar-refractivity contribution < 1.29 is 0 Å². The van der Waals surface area contributed by atoms with Crippen LogP contribution in [-0.2, 0) is 0 Å². The SMILES string of the molecule is CSC(=NC#N)N(C)CC1CCC1. The number of nitriles is 1. The lowest BCUT2D eigenvalue weighted by molar-refractivity contribution is 0.260. The van der Waals surface area contributed by atoms with E-state index in [0.29, 0.717) is 0 Å². The summed E-state index contributed by atoms with van der Waals surface area (Å²) < 4.78 is 0. The maximum absolute atomic E-state index is 8.44. The van der Waals surface area contributed by atoms with Crippen molar-refractivity contribution in [2.75, 3.05) is 19.8 Å². The smallest absolute Gasteiger partial charge is 0.208 e. The van der Waals surface area contributed by atoms with Crippen molar-refractivity contribution in [1.82, 2.24) is 4.90 Å². The van der Waals surface area contributed by atoms with Crippen LogP contribution in [-0.4, -0.2) is 29.9 Å². The van der Waals surface area contributed by atoms with Crippen LogP contribution < -0.4 is 0 Å². The second-order valence-corrected chi connectivity index (χ2v) is 4.15. The van der Waals surface area contributed by atoms with Crippen molar-refractivity contribution in [3.63, 3.8) is 0 Å². The molecular formula is C9H15N3S. The highest BCUT2D eigenvalue weighted by Gasteiger charge is 2.20. The van der Waals surface area contributed by atoms with Crippen molar-refractivity contribution in [1.29, 1.82) is 5.26 Å². The molecule has 4 heteroatoms. The zero-order valence-electron chi connectivity index (χ0n) is 8.16. The molecule has 0 aromatic carbocycles. The van der Waals surface area contributed by atoms with Crippen LogP contribution in [0.4, 0.5) is 0 Å². The van der Waals surface area contributed by atoms with Crippen LogP contribution >= 0.6 is 11.8 Å². The first-order valence-electron chi connectivity index (χ1n) is 4.49. The van der Waals surface area contributed by atoms with Crippen molar-refractivity contribution in [2.45, 2.75) is 19.3 Å². The lowest BCUT2D eigenvalue weighted by Gasteiger charge is -2.30. The zero-order chi connectivity index (χ0) is 9.68. The molecule has 0 N–H and O–H groups in total. The molecule has 1 aliphatic rings. The van der Waals surface area contributed by atoms with E-state index in [2.05, 4.69) is 9.89 Å². The highest BCUT2D eigenvalue weighted by molar-refractivity contribution is 8.13. The average molecular weight is 197 g/mol. The molecule has 1 aliphatic carbocycles. The third-order valence-corrected chi connectivity index (χ3v) is 3.18. The van der Waals surface area contributed by atoms with Gasteiger partial charge in [-0.15, -0.1) is 4.99 Å². The Balaban J connectivity index is 2.39. The molecule has 0 atom stereocenters. The number of aliphatic imine (C=N–C) groups is 1. The van der Waals surface area contributed by atoms with Gasteiger partial charge in [0.05, 0.1) is 0 Å². The van der Waals surface area contributed by atoms with E-state index in [0.717, 1.165) is 17.6 Å². The van der Waals surface area contributed by atoms with Gasteiger partial charge in [0.25, 0.3) is 0 Å². The Hall–Kier alpha value is -0.690. The van der Waals surface area contributed by atoms with Crippen molar-refractivity contribution in [3.05, 3.63) is 0 Å². The highest BCUT2D eigenvalue weighted by atomic mass is 32.2. The van der Waals surface area contributed by atoms with Crippen molar-refractivity contribution >= 4 is 16.9 Å². The fraction of sp³-hybridized carbons (Fsp3) is 0.778. The van der Waals surface area contributed by atoms with E-state index in [1.807, 2.05) is 19.5 Å². The zero-order valence-corrected chi connectivity index (χ0v) is 8.97. The maximum Gasteiger partial charge on any atom is 0.208 e. The summed E-state index contributed by atoms with van der Waals surface area (Å²) in [6.07, 6.45) is 7.81. The second-order valence-electron chi connectivity index (χ2n) is 3.38. The predicted molar refractivity (Wildman–Crippen MR) is 56.5 cm³/mol. The summed E-state index contributed by atoms with van der Waals surface area (Å²) in [7, 11) is 2.00. The van der Waals surface area contributed by atoms with Gasteiger partial charge in [-0.3, -0.25) is 0 Å². The van der Waals surface area contributed by atoms with Crippen molar-refractivity contribution in [3.8, 4) is 6.19 Å². The molecule has 72 valence electrons. The topological polar surface area (TPSA) is 39.4 Å². The summed E-state index contributed by atoms with van der Waals surface area (Å²) in [4.78, 5) is 5.85. The molecule has 1 saturated carbocycles. The third-order valence-electron chi connectivity index (χ3n) is 2.41. The fourth-order valence-corrected chi connectivity index (χ4v) is 1.99. The van der Waals surface area contributed by atoms with Crippen molar-refractivity contribution in [2.24, 2.45) is 10.9 Å². The maximum atomic E-state index is 8.44. The van der Waals surface area contributed by atoms with E-state index in [-0.39, 0.29) is 0 Å². The predicted octanol–water partition coefficient (Wildman–Crippen LogP) is 1.92. The molecule has 0 saturated heterocycles. The minimum Gasteiger partial charge on any atom is -0.353 e. The molecule has 1 fully saturated rings. The van der Waals surface area contributed by atoms with Gasteiger partial charge in [0.15, 0.2) is 5.17 Å². The fourth-order valence-electron chi connectivity index (χ4n) is 1.47. The van der Waals surface area contributed by atoms with Crippen LogP contribution in [0, 0.1) is 17.4 Å². The minimum absolute atomic E-state index is 0.820. The number of hydrogen-bond acceptors (Lipinski definition) is 3. The third kappa shape index (κ3) is 2.92. The van der Waals surface area contributed by atoms with Gasteiger partial charge in [-0.25, -0.2) is 0 Å². The molecule has 0 heterocycles. The van der Waals surface area contributed by atoms with Crippen LogP contribution in [0.15, 0.2) is 4.99 Å². The van der Waals surface area contributed by atoms with Gasteiger partial charge in [-0.05, 0) is 25.0 Å². The summed E-state index contributed by atoms with van der Waals surface area (Å²) in [6.45, 7) is 1.04. The lowest BCUT2D eigenvalue weighted by Crippen LogP contribution is -2.32. The monoisotopic (exact) mass is 197 g/mol. The normalized spacial score (nSPS) is 17.8. The molecule has 0 bridgehead atoms. The largest absolute Gasteiger partial charge is 0.353 e. The quantitative estimate of drug-likeness (QED) is 0.386. The van der Waals surface area contributed by atoms with Gasteiger partial charge in [0.1, 0.15) is 0 Å². The molecule has 0 unspecified atom stereocenters. The summed E-state index contributed by atoms with van der Waals surface area (Å²) >= 11 is 1.53. The minimum atomic E-state index is 0.820. The molecule has 0 radical (unpaired) electrons. The Labute approximate surface area is 83.8 Å². The van der Waals surface area contributed by atoms with Gasteiger partial charge in [0.2, 0.25) is 6.19 Å². The average Bonchev–Trinajstić information content (AvgIpc) is 2.07. The van der Waals surface area contributed by atoms with E-state index in [1.54, 1.807) is 0 Å². The van der Waals surface area contributed by atoms with Gasteiger partial charge in [0, 0.05) is 13.6 Å². The first-order chi connectivity index (χ1) is 6.27. The molecule has 0 spiro atoms. The standard InChI is InChI=1S/C9H15N3S/c1-12(6-8-4-3-5-8)9(13-2)11-7-10/h8H,3-6H2,1-2H3. The Kier molecular flexibility index (Phi) is 4.10. The Morgan fingerprint density at radius 1 is 1.69 bits per heavy atom. The van der Waals surface area contributed by atoms with E-state index >= 15 is 0 Å². The number of rotatable bonds is 2. The molecule has 0 amide bonds. The van der Waals surface area contributed by atoms with Crippen LogP contribution in [0.5, 0.6) is 0 Å². The van der Waals surface area contributed by atoms with Crippen LogP contribution in [0.25, 0.3) is 0 Å². The summed E-state index contributed by atoms with van der Waals surface area (Å²) in [6, 6.07) is 0. The summed E-state index contributed by atoms with van der Waals surface area (Å²) in [5.41, 5.74) is 0. The summed E-state index contributed by atoms with van der Waals surface area (Å²) in [5, 5.41) is 9.27. The van der Waals surface area contributed by atoms with Gasteiger partial charge in [-0.2, -0.15) is 5.26 Å². The number of amidine groups is 1. The van der Waals surface area contributed by atoms with E-state index in [1.165, 1.54) is 31.0 Å². The van der Waals surface area contributed by atoms with Crippen LogP contribution in [0.3, 0.4) is 0 Å². The van der Waals surface area contributed by atoms with E-state index in [9.17, 15) is 0 Å². The molecule has 0 aromatic heterocycles. The highest BCUT2D eigenvalue weighted by Crippen LogP contribution is 2.27. The molecular weight excluding hydrogens is 182 g/mol. The van der Waals surface area contributed by atoms with E-state index in [4.69, 9.17) is 5.26 Å². The molecule has 3 nitrogen and oxygen atoms in total. The first kappa shape index (κ1) is 10.4. The second kappa shape index (κ2) is 5.13. The van der Waals surface area contributed by atoms with Gasteiger partial charge in [-0.1, -0.05) is 18.2 Å². The number of thioether (sulfide) groups is 1. The van der Waals surface area contributed by atoms with Crippen LogP contribution in [0.2, 0.25) is 0 Å². The molecule has 0 aromatic rings. The molecule has 1 rings (SSSR count). The van der Waals surface area contributed by atoms with E-state index < -0.39 is 0 Å². The lowest BCUT2D eigenvalue weighted by atomic mass is 9.85. The molecule has 0 aliphatic heterocycles.